The van der Waals surface area contributed by atoms with Crippen LogP contribution in [0.15, 0.2) is 85.0 Å². The fourth-order valence-corrected chi connectivity index (χ4v) is 4.57. The van der Waals surface area contributed by atoms with Crippen molar-refractivity contribution in [3.8, 4) is 11.1 Å². The van der Waals surface area contributed by atoms with Gasteiger partial charge >= 0.3 is 12.4 Å². The number of fused-ring (bicyclic) bond motifs is 2. The minimum atomic E-state index is -4.47. The third-order valence-electron chi connectivity index (χ3n) is 6.48. The summed E-state index contributed by atoms with van der Waals surface area (Å²) in [6, 6.07) is 13.7. The molecule has 2 atom stereocenters. The Morgan fingerprint density at radius 3 is 1.61 bits per heavy atom. The zero-order chi connectivity index (χ0) is 25.8. The number of carbonyl (C=O) groups is 2. The van der Waals surface area contributed by atoms with Gasteiger partial charge in [-0.3, -0.25) is 9.59 Å². The average molecular weight is 498 g/mol. The van der Waals surface area contributed by atoms with Crippen LogP contribution in [0, 0.1) is 11.8 Å². The van der Waals surface area contributed by atoms with Gasteiger partial charge in [-0.15, -0.1) is 0 Å². The van der Waals surface area contributed by atoms with Gasteiger partial charge in [0.2, 0.25) is 0 Å². The van der Waals surface area contributed by atoms with Crippen molar-refractivity contribution < 1.29 is 35.9 Å². The molecule has 5 rings (SSSR count). The highest BCUT2D eigenvalue weighted by Crippen LogP contribution is 2.40. The number of carbonyl (C=O) groups excluding carboxylic acids is 2. The van der Waals surface area contributed by atoms with Gasteiger partial charge in [-0.2, -0.15) is 26.3 Å². The Morgan fingerprint density at radius 1 is 0.556 bits per heavy atom. The summed E-state index contributed by atoms with van der Waals surface area (Å²) in [6.07, 6.45) is -4.15. The standard InChI is InChI=1S/C28H16F6O2/c29-27(30,31)19-7-1-15(2-8-19)17-5-11-21-23(13-17)25(35)22-12-6-18(14-24(22)26(21)36)16-3-9-20(10-4-16)28(32,33)34/h1-14,21,23H. The van der Waals surface area contributed by atoms with Crippen LogP contribution in [-0.4, -0.2) is 11.6 Å². The molecule has 0 radical (unpaired) electrons. The average Bonchev–Trinajstić information content (AvgIpc) is 2.86. The van der Waals surface area contributed by atoms with E-state index in [0.717, 1.165) is 24.3 Å². The molecular weight excluding hydrogens is 482 g/mol. The van der Waals surface area contributed by atoms with E-state index in [1.165, 1.54) is 36.4 Å². The fourth-order valence-electron chi connectivity index (χ4n) is 4.57. The number of hydrogen-bond acceptors (Lipinski definition) is 2. The molecule has 2 unspecified atom stereocenters. The van der Waals surface area contributed by atoms with E-state index in [9.17, 15) is 35.9 Å². The molecule has 0 bridgehead atoms. The Labute approximate surface area is 201 Å². The fraction of sp³-hybridized carbons (Fsp3) is 0.143. The summed E-state index contributed by atoms with van der Waals surface area (Å²) in [7, 11) is 0. The first-order valence-electron chi connectivity index (χ1n) is 10.9. The van der Waals surface area contributed by atoms with Gasteiger partial charge in [0.15, 0.2) is 11.6 Å². The number of ketones is 2. The molecule has 182 valence electrons. The van der Waals surface area contributed by atoms with Crippen molar-refractivity contribution in [3.63, 3.8) is 0 Å². The van der Waals surface area contributed by atoms with Crippen molar-refractivity contribution in [2.24, 2.45) is 11.8 Å². The summed E-state index contributed by atoms with van der Waals surface area (Å²) in [5.41, 5.74) is 0.814. The van der Waals surface area contributed by atoms with E-state index < -0.39 is 35.3 Å². The van der Waals surface area contributed by atoms with Crippen LogP contribution < -0.4 is 0 Å². The van der Waals surface area contributed by atoms with Crippen molar-refractivity contribution in [1.29, 1.82) is 0 Å². The molecule has 0 amide bonds. The number of benzene rings is 3. The van der Waals surface area contributed by atoms with E-state index in [0.29, 0.717) is 22.3 Å². The highest BCUT2D eigenvalue weighted by Gasteiger charge is 2.40. The SMILES string of the molecule is O=C1c2ccc(-c3ccc(C(F)(F)F)cc3)cc2C(=O)C2C=CC(c3ccc(C(F)(F)F)cc3)=CC12. The monoisotopic (exact) mass is 498 g/mol. The van der Waals surface area contributed by atoms with Gasteiger partial charge in [0.1, 0.15) is 0 Å². The van der Waals surface area contributed by atoms with Gasteiger partial charge in [0, 0.05) is 11.1 Å². The minimum Gasteiger partial charge on any atom is -0.293 e. The van der Waals surface area contributed by atoms with Crippen LogP contribution in [0.5, 0.6) is 0 Å². The maximum Gasteiger partial charge on any atom is 0.416 e. The topological polar surface area (TPSA) is 34.1 Å². The van der Waals surface area contributed by atoms with Crippen molar-refractivity contribution in [1.82, 2.24) is 0 Å². The highest BCUT2D eigenvalue weighted by atomic mass is 19.4. The number of hydrogen-bond donors (Lipinski definition) is 0. The zero-order valence-electron chi connectivity index (χ0n) is 18.3. The van der Waals surface area contributed by atoms with Gasteiger partial charge in [-0.25, -0.2) is 0 Å². The molecule has 0 aromatic heterocycles. The molecule has 2 aliphatic rings. The summed E-state index contributed by atoms with van der Waals surface area (Å²) in [4.78, 5) is 26.5. The lowest BCUT2D eigenvalue weighted by Crippen LogP contribution is -2.35. The van der Waals surface area contributed by atoms with Crippen molar-refractivity contribution in [2.45, 2.75) is 12.4 Å². The Morgan fingerprint density at radius 2 is 1.06 bits per heavy atom. The van der Waals surface area contributed by atoms with Gasteiger partial charge in [-0.1, -0.05) is 54.6 Å². The molecule has 0 fully saturated rings. The molecule has 0 aliphatic heterocycles. The third kappa shape index (κ3) is 4.17. The Balaban J connectivity index is 1.45. The van der Waals surface area contributed by atoms with Crippen molar-refractivity contribution in [2.75, 3.05) is 0 Å². The molecule has 36 heavy (non-hydrogen) atoms. The lowest BCUT2D eigenvalue weighted by molar-refractivity contribution is -0.138. The summed E-state index contributed by atoms with van der Waals surface area (Å²) in [6.45, 7) is 0. The number of allylic oxidation sites excluding steroid dienone is 4. The second kappa shape index (κ2) is 8.33. The highest BCUT2D eigenvalue weighted by molar-refractivity contribution is 6.18. The van der Waals surface area contributed by atoms with E-state index in [-0.39, 0.29) is 22.7 Å². The van der Waals surface area contributed by atoms with E-state index in [1.807, 2.05) is 0 Å². The summed E-state index contributed by atoms with van der Waals surface area (Å²) >= 11 is 0. The Kier molecular flexibility index (Phi) is 5.50. The van der Waals surface area contributed by atoms with Crippen LogP contribution in [-0.2, 0) is 12.4 Å². The molecule has 3 aromatic carbocycles. The van der Waals surface area contributed by atoms with Gasteiger partial charge in [0.05, 0.1) is 23.0 Å². The zero-order valence-corrected chi connectivity index (χ0v) is 18.3. The summed E-state index contributed by atoms with van der Waals surface area (Å²) in [5, 5.41) is 0. The Hall–Kier alpha value is -3.94. The molecule has 0 spiro atoms. The maximum absolute atomic E-state index is 13.3. The molecule has 0 saturated heterocycles. The van der Waals surface area contributed by atoms with Crippen LogP contribution in [0.3, 0.4) is 0 Å². The number of Topliss-reactive ketones (excluding diaryl/α,β-unsaturated/α-hetero) is 2. The van der Waals surface area contributed by atoms with Crippen molar-refractivity contribution in [3.05, 3.63) is 113 Å². The predicted molar refractivity (Wildman–Crippen MR) is 121 cm³/mol. The molecular formula is C28H16F6O2. The lowest BCUT2D eigenvalue weighted by atomic mass is 9.70. The lowest BCUT2D eigenvalue weighted by Gasteiger charge is -2.30. The summed E-state index contributed by atoms with van der Waals surface area (Å²) in [5.74, 6) is -2.18. The smallest absolute Gasteiger partial charge is 0.293 e. The van der Waals surface area contributed by atoms with Crippen LogP contribution >= 0.6 is 0 Å². The molecule has 8 heteroatoms. The van der Waals surface area contributed by atoms with Crippen molar-refractivity contribution >= 4 is 17.1 Å². The predicted octanol–water partition coefficient (Wildman–Crippen LogP) is 7.66. The molecule has 0 heterocycles. The first-order valence-corrected chi connectivity index (χ1v) is 10.9. The first kappa shape index (κ1) is 23.8. The van der Waals surface area contributed by atoms with Crippen LogP contribution in [0.25, 0.3) is 16.7 Å². The molecule has 3 aromatic rings. The van der Waals surface area contributed by atoms with E-state index >= 15 is 0 Å². The van der Waals surface area contributed by atoms with Gasteiger partial charge in [-0.05, 0) is 52.6 Å². The van der Waals surface area contributed by atoms with Gasteiger partial charge < -0.3 is 0 Å². The second-order valence-corrected chi connectivity index (χ2v) is 8.67. The molecule has 0 saturated carbocycles. The largest absolute Gasteiger partial charge is 0.416 e. The molecule has 2 aliphatic carbocycles. The molecule has 0 N–H and O–H groups in total. The number of rotatable bonds is 2. The molecule has 2 nitrogen and oxygen atoms in total. The van der Waals surface area contributed by atoms with Gasteiger partial charge in [0.25, 0.3) is 0 Å². The number of alkyl halides is 6. The van der Waals surface area contributed by atoms with Crippen LogP contribution in [0.2, 0.25) is 0 Å². The van der Waals surface area contributed by atoms with E-state index in [1.54, 1.807) is 24.3 Å². The Bertz CT molecular complexity index is 1420. The van der Waals surface area contributed by atoms with Crippen LogP contribution in [0.4, 0.5) is 26.3 Å². The van der Waals surface area contributed by atoms with Crippen LogP contribution in [0.1, 0.15) is 37.4 Å². The quantitative estimate of drug-likeness (QED) is 0.340. The van der Waals surface area contributed by atoms with E-state index in [2.05, 4.69) is 0 Å². The normalized spacial score (nSPS) is 19.6. The third-order valence-corrected chi connectivity index (χ3v) is 6.48. The number of halogens is 6. The first-order chi connectivity index (χ1) is 16.9. The second-order valence-electron chi connectivity index (χ2n) is 8.67. The minimum absolute atomic E-state index is 0.190. The van der Waals surface area contributed by atoms with E-state index in [4.69, 9.17) is 0 Å². The maximum atomic E-state index is 13.3. The summed E-state index contributed by atoms with van der Waals surface area (Å²) < 4.78 is 77.2.